The van der Waals surface area contributed by atoms with Crippen molar-refractivity contribution in [3.63, 3.8) is 0 Å². The Hall–Kier alpha value is -0.680. The molecule has 2 aliphatic rings. The van der Waals surface area contributed by atoms with E-state index < -0.39 is 0 Å². The number of aromatic nitrogens is 2. The molecule has 4 nitrogen and oxygen atoms in total. The molecule has 1 saturated heterocycles. The molecule has 0 aromatic carbocycles. The van der Waals surface area contributed by atoms with Crippen molar-refractivity contribution in [1.82, 2.24) is 9.78 Å². The molecule has 0 amide bonds. The van der Waals surface area contributed by atoms with E-state index in [9.17, 15) is 4.79 Å². The Bertz CT molecular complexity index is 538. The van der Waals surface area contributed by atoms with Gasteiger partial charge in [0.25, 0.3) is 5.56 Å². The Labute approximate surface area is 134 Å². The van der Waals surface area contributed by atoms with E-state index in [4.69, 9.17) is 11.6 Å². The highest BCUT2D eigenvalue weighted by atomic mass is 35.5. The monoisotopic (exact) mass is 327 g/mol. The molecule has 1 aromatic rings. The topological polar surface area (TPSA) is 46.9 Å². The molecule has 2 heterocycles. The zero-order chi connectivity index (χ0) is 14.7. The Balaban J connectivity index is 1.67. The molecule has 1 aromatic heterocycles. The molecule has 21 heavy (non-hydrogen) atoms. The average Bonchev–Trinajstić information content (AvgIpc) is 2.45. The van der Waals surface area contributed by atoms with Crippen LogP contribution in [0.3, 0.4) is 0 Å². The molecule has 6 heteroatoms. The number of nitrogens with zero attached hydrogens (tertiary/aromatic N) is 2. The Morgan fingerprint density at radius 2 is 2.19 bits per heavy atom. The first-order valence-electron chi connectivity index (χ1n) is 7.85. The smallest absolute Gasteiger partial charge is 0.291 e. The first kappa shape index (κ1) is 15.2. The van der Waals surface area contributed by atoms with Crippen LogP contribution in [0.1, 0.15) is 38.5 Å². The summed E-state index contributed by atoms with van der Waals surface area (Å²) in [6.07, 6.45) is 9.10. The molecule has 1 aliphatic carbocycles. The fourth-order valence-electron chi connectivity index (χ4n) is 2.86. The van der Waals surface area contributed by atoms with E-state index in [0.717, 1.165) is 13.1 Å². The summed E-state index contributed by atoms with van der Waals surface area (Å²) in [4.78, 5) is 12.5. The summed E-state index contributed by atoms with van der Waals surface area (Å²) < 4.78 is 1.58. The van der Waals surface area contributed by atoms with Crippen molar-refractivity contribution in [2.75, 3.05) is 17.6 Å². The van der Waals surface area contributed by atoms with Crippen LogP contribution < -0.4 is 10.9 Å². The number of hydrogen-bond donors (Lipinski definition) is 1. The number of anilines is 1. The van der Waals surface area contributed by atoms with Gasteiger partial charge in [0.1, 0.15) is 5.69 Å². The molecule has 0 bridgehead atoms. The second kappa shape index (κ2) is 7.05. The molecule has 1 saturated carbocycles. The van der Waals surface area contributed by atoms with E-state index >= 15 is 0 Å². The van der Waals surface area contributed by atoms with E-state index in [0.29, 0.717) is 21.9 Å². The van der Waals surface area contributed by atoms with Crippen molar-refractivity contribution in [3.8, 4) is 0 Å². The van der Waals surface area contributed by atoms with Gasteiger partial charge in [-0.05, 0) is 37.4 Å². The van der Waals surface area contributed by atoms with Crippen LogP contribution in [0.5, 0.6) is 0 Å². The lowest BCUT2D eigenvalue weighted by Crippen LogP contribution is -2.32. The molecule has 1 atom stereocenters. The molecule has 1 aliphatic heterocycles. The Kier molecular flexibility index (Phi) is 5.11. The standard InChI is InChI=1S/C15H22ClN3OS/c16-13-9-18-19(10-11-4-3-5-11)15(20)14(13)17-8-12-6-1-2-7-21-12/h9,11-12,17H,1-8,10H2. The van der Waals surface area contributed by atoms with Crippen LogP contribution in [0, 0.1) is 5.92 Å². The van der Waals surface area contributed by atoms with Gasteiger partial charge in [-0.15, -0.1) is 0 Å². The maximum Gasteiger partial charge on any atom is 0.291 e. The van der Waals surface area contributed by atoms with Gasteiger partial charge in [0, 0.05) is 18.3 Å². The van der Waals surface area contributed by atoms with Gasteiger partial charge in [0.15, 0.2) is 0 Å². The minimum atomic E-state index is -0.0739. The minimum absolute atomic E-state index is 0.0739. The predicted molar refractivity (Wildman–Crippen MR) is 89.4 cm³/mol. The fourth-order valence-corrected chi connectivity index (χ4v) is 4.29. The van der Waals surface area contributed by atoms with Gasteiger partial charge in [-0.2, -0.15) is 16.9 Å². The van der Waals surface area contributed by atoms with Crippen LogP contribution in [0.25, 0.3) is 0 Å². The van der Waals surface area contributed by atoms with Crippen LogP contribution in [-0.2, 0) is 6.54 Å². The van der Waals surface area contributed by atoms with Crippen molar-refractivity contribution >= 4 is 29.1 Å². The van der Waals surface area contributed by atoms with Gasteiger partial charge in [-0.3, -0.25) is 4.79 Å². The molecular formula is C15H22ClN3OS. The maximum atomic E-state index is 12.5. The summed E-state index contributed by atoms with van der Waals surface area (Å²) in [6.45, 7) is 1.54. The minimum Gasteiger partial charge on any atom is -0.378 e. The van der Waals surface area contributed by atoms with Crippen LogP contribution in [-0.4, -0.2) is 27.3 Å². The predicted octanol–water partition coefficient (Wildman–Crippen LogP) is 3.39. The number of hydrogen-bond acceptors (Lipinski definition) is 4. The lowest BCUT2D eigenvalue weighted by molar-refractivity contribution is 0.262. The average molecular weight is 328 g/mol. The maximum absolute atomic E-state index is 12.5. The first-order chi connectivity index (χ1) is 10.2. The third-order valence-corrected chi connectivity index (χ3v) is 6.12. The Morgan fingerprint density at radius 1 is 1.33 bits per heavy atom. The number of halogens is 1. The molecular weight excluding hydrogens is 306 g/mol. The third-order valence-electron chi connectivity index (χ3n) is 4.43. The largest absolute Gasteiger partial charge is 0.378 e. The summed E-state index contributed by atoms with van der Waals surface area (Å²) in [5.41, 5.74) is 0.451. The highest BCUT2D eigenvalue weighted by molar-refractivity contribution is 7.99. The lowest BCUT2D eigenvalue weighted by atomic mass is 9.85. The van der Waals surface area contributed by atoms with Crippen LogP contribution >= 0.6 is 23.4 Å². The van der Waals surface area contributed by atoms with Crippen molar-refractivity contribution in [2.45, 2.75) is 50.3 Å². The second-order valence-electron chi connectivity index (χ2n) is 6.02. The molecule has 1 N–H and O–H groups in total. The van der Waals surface area contributed by atoms with Crippen LogP contribution in [0.4, 0.5) is 5.69 Å². The normalized spacial score (nSPS) is 22.8. The molecule has 116 valence electrons. The van der Waals surface area contributed by atoms with E-state index in [2.05, 4.69) is 10.4 Å². The van der Waals surface area contributed by atoms with Crippen molar-refractivity contribution in [3.05, 3.63) is 21.6 Å². The summed E-state index contributed by atoms with van der Waals surface area (Å²) in [5.74, 6) is 1.83. The Morgan fingerprint density at radius 3 is 2.86 bits per heavy atom. The SMILES string of the molecule is O=c1c(NCC2CCCCS2)c(Cl)cnn1CC1CCC1. The molecule has 3 rings (SSSR count). The quantitative estimate of drug-likeness (QED) is 0.900. The molecule has 0 radical (unpaired) electrons. The first-order valence-corrected chi connectivity index (χ1v) is 9.28. The highest BCUT2D eigenvalue weighted by Gasteiger charge is 2.21. The second-order valence-corrected chi connectivity index (χ2v) is 7.84. The van der Waals surface area contributed by atoms with E-state index in [1.807, 2.05) is 11.8 Å². The zero-order valence-corrected chi connectivity index (χ0v) is 13.8. The number of thioether (sulfide) groups is 1. The third kappa shape index (κ3) is 3.75. The summed E-state index contributed by atoms with van der Waals surface area (Å²) in [5, 5.41) is 8.48. The van der Waals surface area contributed by atoms with Crippen LogP contribution in [0.2, 0.25) is 5.02 Å². The van der Waals surface area contributed by atoms with Crippen molar-refractivity contribution in [2.24, 2.45) is 5.92 Å². The van der Waals surface area contributed by atoms with Crippen molar-refractivity contribution < 1.29 is 0 Å². The van der Waals surface area contributed by atoms with Gasteiger partial charge in [0.05, 0.1) is 11.2 Å². The van der Waals surface area contributed by atoms with Gasteiger partial charge in [-0.25, -0.2) is 4.68 Å². The van der Waals surface area contributed by atoms with Crippen LogP contribution in [0.15, 0.2) is 11.0 Å². The number of rotatable bonds is 5. The van der Waals surface area contributed by atoms with E-state index in [1.165, 1.54) is 44.3 Å². The van der Waals surface area contributed by atoms with Gasteiger partial charge in [-0.1, -0.05) is 24.4 Å². The highest BCUT2D eigenvalue weighted by Crippen LogP contribution is 2.28. The lowest BCUT2D eigenvalue weighted by Gasteiger charge is -2.26. The van der Waals surface area contributed by atoms with Gasteiger partial charge < -0.3 is 5.32 Å². The molecule has 0 spiro atoms. The van der Waals surface area contributed by atoms with Gasteiger partial charge in [0.2, 0.25) is 0 Å². The van der Waals surface area contributed by atoms with E-state index in [1.54, 1.807) is 10.9 Å². The summed E-state index contributed by atoms with van der Waals surface area (Å²) in [7, 11) is 0. The summed E-state index contributed by atoms with van der Waals surface area (Å²) >= 11 is 8.15. The summed E-state index contributed by atoms with van der Waals surface area (Å²) in [6, 6.07) is 0. The fraction of sp³-hybridized carbons (Fsp3) is 0.733. The zero-order valence-electron chi connectivity index (χ0n) is 12.2. The van der Waals surface area contributed by atoms with Gasteiger partial charge >= 0.3 is 0 Å². The molecule has 2 fully saturated rings. The number of nitrogens with one attached hydrogen (secondary N) is 1. The van der Waals surface area contributed by atoms with E-state index in [-0.39, 0.29) is 5.56 Å². The molecule has 1 unspecified atom stereocenters. The van der Waals surface area contributed by atoms with Crippen molar-refractivity contribution in [1.29, 1.82) is 0 Å².